The Labute approximate surface area is 88.7 Å². The third kappa shape index (κ3) is 3.92. The van der Waals surface area contributed by atoms with E-state index in [1.165, 1.54) is 16.5 Å². The SMILES string of the molecule is CC[C@H](C)[NH2+]Cc1cccc(Br)c1. The van der Waals surface area contributed by atoms with Crippen LogP contribution in [0.1, 0.15) is 25.8 Å². The molecule has 72 valence electrons. The highest BCUT2D eigenvalue weighted by Gasteiger charge is 2.01. The molecule has 1 aromatic carbocycles. The van der Waals surface area contributed by atoms with Crippen molar-refractivity contribution in [1.82, 2.24) is 0 Å². The molecule has 0 saturated carbocycles. The highest BCUT2D eigenvalue weighted by molar-refractivity contribution is 9.10. The van der Waals surface area contributed by atoms with Gasteiger partial charge in [0.2, 0.25) is 0 Å². The Hall–Kier alpha value is -0.340. The van der Waals surface area contributed by atoms with Crippen molar-refractivity contribution in [3.05, 3.63) is 34.3 Å². The molecule has 1 aromatic rings. The highest BCUT2D eigenvalue weighted by atomic mass is 79.9. The van der Waals surface area contributed by atoms with Crippen LogP contribution >= 0.6 is 15.9 Å². The Bertz CT molecular complexity index is 260. The molecule has 1 atom stereocenters. The van der Waals surface area contributed by atoms with Crippen LogP contribution in [-0.4, -0.2) is 6.04 Å². The maximum absolute atomic E-state index is 3.47. The minimum absolute atomic E-state index is 0.721. The van der Waals surface area contributed by atoms with Crippen molar-refractivity contribution < 1.29 is 5.32 Å². The zero-order chi connectivity index (χ0) is 9.68. The van der Waals surface area contributed by atoms with Gasteiger partial charge in [-0.1, -0.05) is 35.0 Å². The molecule has 1 rings (SSSR count). The average Bonchev–Trinajstić information content (AvgIpc) is 2.14. The number of benzene rings is 1. The van der Waals surface area contributed by atoms with Crippen molar-refractivity contribution in [2.24, 2.45) is 0 Å². The number of rotatable bonds is 4. The fraction of sp³-hybridized carbons (Fsp3) is 0.455. The van der Waals surface area contributed by atoms with Crippen molar-refractivity contribution >= 4 is 15.9 Å². The largest absolute Gasteiger partial charge is 0.340 e. The van der Waals surface area contributed by atoms with Crippen LogP contribution in [0.2, 0.25) is 0 Å². The second-order valence-corrected chi connectivity index (χ2v) is 4.37. The number of halogens is 1. The summed E-state index contributed by atoms with van der Waals surface area (Å²) in [7, 11) is 0. The van der Waals surface area contributed by atoms with E-state index in [9.17, 15) is 0 Å². The maximum Gasteiger partial charge on any atom is 0.101 e. The summed E-state index contributed by atoms with van der Waals surface area (Å²) in [6.07, 6.45) is 1.23. The van der Waals surface area contributed by atoms with E-state index in [0.29, 0.717) is 0 Å². The quantitative estimate of drug-likeness (QED) is 0.835. The Kier molecular flexibility index (Phi) is 4.46. The Morgan fingerprint density at radius 2 is 2.23 bits per heavy atom. The topological polar surface area (TPSA) is 16.6 Å². The summed E-state index contributed by atoms with van der Waals surface area (Å²) >= 11 is 3.47. The lowest BCUT2D eigenvalue weighted by Gasteiger charge is -2.07. The predicted octanol–water partition coefficient (Wildman–Crippen LogP) is 2.31. The first kappa shape index (κ1) is 10.7. The van der Waals surface area contributed by atoms with Gasteiger partial charge >= 0.3 is 0 Å². The zero-order valence-electron chi connectivity index (χ0n) is 8.26. The third-order valence-electron chi connectivity index (χ3n) is 2.29. The first-order valence-corrected chi connectivity index (χ1v) is 5.59. The minimum Gasteiger partial charge on any atom is -0.340 e. The molecule has 0 spiro atoms. The Balaban J connectivity index is 2.45. The third-order valence-corrected chi connectivity index (χ3v) is 2.78. The highest BCUT2D eigenvalue weighted by Crippen LogP contribution is 2.10. The maximum atomic E-state index is 3.47. The van der Waals surface area contributed by atoms with Gasteiger partial charge in [0.15, 0.2) is 0 Å². The molecule has 2 heteroatoms. The fourth-order valence-corrected chi connectivity index (χ4v) is 1.61. The molecule has 0 aliphatic carbocycles. The molecule has 0 bridgehead atoms. The van der Waals surface area contributed by atoms with Crippen LogP contribution in [0.4, 0.5) is 0 Å². The van der Waals surface area contributed by atoms with E-state index in [-0.39, 0.29) is 0 Å². The lowest BCUT2D eigenvalue weighted by molar-refractivity contribution is -0.701. The molecule has 0 radical (unpaired) electrons. The van der Waals surface area contributed by atoms with Gasteiger partial charge < -0.3 is 5.32 Å². The lowest BCUT2D eigenvalue weighted by Crippen LogP contribution is -2.87. The van der Waals surface area contributed by atoms with Gasteiger partial charge in [0.1, 0.15) is 6.54 Å². The van der Waals surface area contributed by atoms with Crippen LogP contribution in [0.15, 0.2) is 28.7 Å². The molecule has 1 nitrogen and oxygen atoms in total. The summed E-state index contributed by atoms with van der Waals surface area (Å²) in [6.45, 7) is 5.56. The Morgan fingerprint density at radius 1 is 1.46 bits per heavy atom. The molecule has 0 saturated heterocycles. The number of hydrogen-bond acceptors (Lipinski definition) is 0. The van der Waals surface area contributed by atoms with Crippen LogP contribution in [0, 0.1) is 0 Å². The molecule has 0 unspecified atom stereocenters. The van der Waals surface area contributed by atoms with Crippen LogP contribution in [0.25, 0.3) is 0 Å². The van der Waals surface area contributed by atoms with Gasteiger partial charge in [0, 0.05) is 10.0 Å². The summed E-state index contributed by atoms with van der Waals surface area (Å²) < 4.78 is 1.17. The second kappa shape index (κ2) is 5.40. The number of quaternary nitrogens is 1. The summed E-state index contributed by atoms with van der Waals surface area (Å²) in [5.74, 6) is 0. The molecule has 0 amide bonds. The van der Waals surface area contributed by atoms with E-state index in [4.69, 9.17) is 0 Å². The second-order valence-electron chi connectivity index (χ2n) is 3.46. The first-order chi connectivity index (χ1) is 6.22. The van der Waals surface area contributed by atoms with E-state index in [0.717, 1.165) is 12.6 Å². The van der Waals surface area contributed by atoms with Gasteiger partial charge in [-0.2, -0.15) is 0 Å². The molecule has 2 N–H and O–H groups in total. The molecule has 0 heterocycles. The number of hydrogen-bond donors (Lipinski definition) is 1. The van der Waals surface area contributed by atoms with Crippen LogP contribution < -0.4 is 5.32 Å². The zero-order valence-corrected chi connectivity index (χ0v) is 9.84. The van der Waals surface area contributed by atoms with E-state index < -0.39 is 0 Å². The van der Waals surface area contributed by atoms with Crippen LogP contribution in [0.5, 0.6) is 0 Å². The normalized spacial score (nSPS) is 12.8. The molecule has 0 aliphatic rings. The molecular weight excluding hydrogens is 226 g/mol. The van der Waals surface area contributed by atoms with E-state index in [2.05, 4.69) is 59.4 Å². The minimum atomic E-state index is 0.721. The summed E-state index contributed by atoms with van der Waals surface area (Å²) in [5.41, 5.74) is 1.38. The van der Waals surface area contributed by atoms with E-state index in [1.54, 1.807) is 0 Å². The predicted molar refractivity (Wildman–Crippen MR) is 59.5 cm³/mol. The molecule has 0 fully saturated rings. The fourth-order valence-electron chi connectivity index (χ4n) is 1.17. The molecule has 0 aromatic heterocycles. The van der Waals surface area contributed by atoms with Gasteiger partial charge in [0.25, 0.3) is 0 Å². The van der Waals surface area contributed by atoms with Crippen molar-refractivity contribution in [1.29, 1.82) is 0 Å². The lowest BCUT2D eigenvalue weighted by atomic mass is 10.2. The summed E-state index contributed by atoms with van der Waals surface area (Å²) in [4.78, 5) is 0. The van der Waals surface area contributed by atoms with Gasteiger partial charge in [-0.15, -0.1) is 0 Å². The van der Waals surface area contributed by atoms with Crippen LogP contribution in [0.3, 0.4) is 0 Å². The van der Waals surface area contributed by atoms with Crippen LogP contribution in [-0.2, 0) is 6.54 Å². The van der Waals surface area contributed by atoms with Crippen molar-refractivity contribution in [3.8, 4) is 0 Å². The van der Waals surface area contributed by atoms with Gasteiger partial charge in [-0.3, -0.25) is 0 Å². The first-order valence-electron chi connectivity index (χ1n) is 4.80. The monoisotopic (exact) mass is 242 g/mol. The van der Waals surface area contributed by atoms with E-state index >= 15 is 0 Å². The van der Waals surface area contributed by atoms with Gasteiger partial charge in [-0.05, 0) is 25.5 Å². The smallest absolute Gasteiger partial charge is 0.101 e. The average molecular weight is 243 g/mol. The molecule has 13 heavy (non-hydrogen) atoms. The van der Waals surface area contributed by atoms with Crippen molar-refractivity contribution in [3.63, 3.8) is 0 Å². The van der Waals surface area contributed by atoms with E-state index in [1.807, 2.05) is 0 Å². The number of nitrogens with two attached hydrogens (primary N) is 1. The standard InChI is InChI=1S/C11H16BrN/c1-3-9(2)13-8-10-5-4-6-11(12)7-10/h4-7,9,13H,3,8H2,1-2H3/p+1/t9-/m0/s1. The Morgan fingerprint density at radius 3 is 2.85 bits per heavy atom. The molecule has 0 aliphatic heterocycles. The van der Waals surface area contributed by atoms with Crippen molar-refractivity contribution in [2.75, 3.05) is 0 Å². The van der Waals surface area contributed by atoms with Gasteiger partial charge in [0.05, 0.1) is 6.04 Å². The molecular formula is C11H17BrN+. The summed E-state index contributed by atoms with van der Waals surface area (Å²) in [6, 6.07) is 9.22. The van der Waals surface area contributed by atoms with Crippen molar-refractivity contribution in [2.45, 2.75) is 32.9 Å². The van der Waals surface area contributed by atoms with Gasteiger partial charge in [-0.25, -0.2) is 0 Å². The summed E-state index contributed by atoms with van der Waals surface area (Å²) in [5, 5.41) is 2.38.